The van der Waals surface area contributed by atoms with Gasteiger partial charge in [-0.1, -0.05) is 41.9 Å². The van der Waals surface area contributed by atoms with Gasteiger partial charge in [0.05, 0.1) is 10.6 Å². The summed E-state index contributed by atoms with van der Waals surface area (Å²) in [5, 5.41) is 12.9. The molecular weight excluding hydrogens is 356 g/mol. The predicted octanol–water partition coefficient (Wildman–Crippen LogP) is 3.90. The summed E-state index contributed by atoms with van der Waals surface area (Å²) in [5.41, 5.74) is 1.94. The molecule has 4 aromatic rings. The van der Waals surface area contributed by atoms with Crippen LogP contribution < -0.4 is 5.11 Å². The zero-order valence-electron chi connectivity index (χ0n) is 13.0. The first-order valence-electron chi connectivity index (χ1n) is 7.64. The van der Waals surface area contributed by atoms with Gasteiger partial charge in [-0.2, -0.15) is 0 Å². The van der Waals surface area contributed by atoms with Gasteiger partial charge in [-0.15, -0.1) is 11.3 Å². The number of aromatic amines is 1. The average Bonchev–Trinajstić information content (AvgIpc) is 3.19. The van der Waals surface area contributed by atoms with Gasteiger partial charge in [0, 0.05) is 33.4 Å². The van der Waals surface area contributed by atoms with Gasteiger partial charge >= 0.3 is 0 Å². The Morgan fingerprint density at radius 2 is 1.92 bits per heavy atom. The molecule has 0 atom stereocenters. The summed E-state index contributed by atoms with van der Waals surface area (Å²) in [6.45, 7) is 0. The number of fused-ring (bicyclic) bond motifs is 1. The van der Waals surface area contributed by atoms with Crippen LogP contribution in [-0.2, 0) is 11.2 Å². The lowest BCUT2D eigenvalue weighted by Crippen LogP contribution is -2.24. The highest BCUT2D eigenvalue weighted by Gasteiger charge is 2.15. The quantitative estimate of drug-likeness (QED) is 0.594. The summed E-state index contributed by atoms with van der Waals surface area (Å²) in [5.74, 6) is -0.496. The molecule has 124 valence electrons. The van der Waals surface area contributed by atoms with Crippen LogP contribution in [0.4, 0.5) is 0 Å². The molecule has 4 rings (SSSR count). The van der Waals surface area contributed by atoms with Gasteiger partial charge < -0.3 is 14.9 Å². The van der Waals surface area contributed by atoms with E-state index in [1.165, 1.54) is 0 Å². The predicted molar refractivity (Wildman–Crippen MR) is 98.6 cm³/mol. The number of nitrogens with zero attached hydrogens (tertiary/aromatic N) is 1. The Morgan fingerprint density at radius 3 is 2.64 bits per heavy atom. The van der Waals surface area contributed by atoms with E-state index in [1.807, 2.05) is 36.4 Å². The Balaban J connectivity index is 1.83. The Kier molecular flexibility index (Phi) is 4.03. The molecule has 0 bridgehead atoms. The number of hydrogen-bond acceptors (Lipinski definition) is 4. The first-order chi connectivity index (χ1) is 12.1. The Morgan fingerprint density at radius 1 is 1.16 bits per heavy atom. The highest BCUT2D eigenvalue weighted by molar-refractivity contribution is 7.22. The van der Waals surface area contributed by atoms with Crippen LogP contribution in [0.15, 0.2) is 54.6 Å². The van der Waals surface area contributed by atoms with Crippen LogP contribution in [-0.4, -0.2) is 15.9 Å². The Hall–Kier alpha value is -2.63. The maximum Gasteiger partial charge on any atom is 0.148 e. The standard InChI is InChI=1S/C19H13ClN2O2S/c20-13-7-5-11(6-8-13)18-14(10-17(23)24)21-19(22-18)16-9-12-3-1-2-4-15(12)25-16/h1-9H,10H2,(H,21,22)(H,23,24)/p-1. The Bertz CT molecular complexity index is 1030. The average molecular weight is 368 g/mol. The number of aliphatic carboxylic acids is 1. The van der Waals surface area contributed by atoms with E-state index in [2.05, 4.69) is 16.0 Å². The molecule has 0 fully saturated rings. The summed E-state index contributed by atoms with van der Waals surface area (Å²) >= 11 is 7.55. The third-order valence-corrected chi connectivity index (χ3v) is 5.25. The number of carboxylic acids is 1. The smallest absolute Gasteiger partial charge is 0.148 e. The summed E-state index contributed by atoms with van der Waals surface area (Å²) in [7, 11) is 0. The minimum Gasteiger partial charge on any atom is -0.550 e. The van der Waals surface area contributed by atoms with Crippen LogP contribution in [0.3, 0.4) is 0 Å². The van der Waals surface area contributed by atoms with Crippen LogP contribution in [0.25, 0.3) is 32.0 Å². The topological polar surface area (TPSA) is 68.8 Å². The van der Waals surface area contributed by atoms with Gasteiger partial charge in [-0.3, -0.25) is 0 Å². The molecule has 2 aromatic heterocycles. The van der Waals surface area contributed by atoms with Crippen molar-refractivity contribution in [3.63, 3.8) is 0 Å². The zero-order chi connectivity index (χ0) is 17.4. The highest BCUT2D eigenvalue weighted by atomic mass is 35.5. The van der Waals surface area contributed by atoms with Crippen molar-refractivity contribution in [3.05, 3.63) is 65.3 Å². The van der Waals surface area contributed by atoms with E-state index in [1.54, 1.807) is 23.5 Å². The van der Waals surface area contributed by atoms with Crippen molar-refractivity contribution in [2.75, 3.05) is 0 Å². The van der Waals surface area contributed by atoms with E-state index in [0.29, 0.717) is 22.2 Å². The van der Waals surface area contributed by atoms with Crippen molar-refractivity contribution in [1.82, 2.24) is 9.97 Å². The van der Waals surface area contributed by atoms with Gasteiger partial charge in [0.15, 0.2) is 0 Å². The minimum atomic E-state index is -1.15. The van der Waals surface area contributed by atoms with Crippen LogP contribution in [0, 0.1) is 0 Å². The molecule has 6 heteroatoms. The molecule has 0 unspecified atom stereocenters. The molecule has 0 saturated heterocycles. The van der Waals surface area contributed by atoms with Crippen molar-refractivity contribution in [3.8, 4) is 22.0 Å². The molecule has 0 aliphatic heterocycles. The van der Waals surface area contributed by atoms with E-state index in [9.17, 15) is 9.90 Å². The number of carbonyl (C=O) groups excluding carboxylic acids is 1. The van der Waals surface area contributed by atoms with Gasteiger partial charge in [0.2, 0.25) is 0 Å². The maximum atomic E-state index is 11.1. The lowest BCUT2D eigenvalue weighted by atomic mass is 10.1. The molecule has 4 nitrogen and oxygen atoms in total. The van der Waals surface area contributed by atoms with Gasteiger partial charge in [0.25, 0.3) is 0 Å². The largest absolute Gasteiger partial charge is 0.550 e. The molecular formula is C19H12ClN2O2S-. The van der Waals surface area contributed by atoms with E-state index >= 15 is 0 Å². The lowest BCUT2D eigenvalue weighted by Gasteiger charge is -2.03. The third-order valence-electron chi connectivity index (χ3n) is 3.88. The second kappa shape index (κ2) is 6.35. The van der Waals surface area contributed by atoms with Crippen LogP contribution >= 0.6 is 22.9 Å². The summed E-state index contributed by atoms with van der Waals surface area (Å²) in [4.78, 5) is 19.9. The van der Waals surface area contributed by atoms with Crippen LogP contribution in [0.2, 0.25) is 5.02 Å². The van der Waals surface area contributed by atoms with Crippen LogP contribution in [0.1, 0.15) is 5.69 Å². The summed E-state index contributed by atoms with van der Waals surface area (Å²) in [6.07, 6.45) is -0.226. The van der Waals surface area contributed by atoms with E-state index in [0.717, 1.165) is 20.5 Å². The summed E-state index contributed by atoms with van der Waals surface area (Å²) in [6, 6.07) is 17.3. The summed E-state index contributed by atoms with van der Waals surface area (Å²) < 4.78 is 1.16. The number of thiophene rings is 1. The molecule has 1 N–H and O–H groups in total. The van der Waals surface area contributed by atoms with Gasteiger partial charge in [0.1, 0.15) is 5.82 Å². The number of nitrogens with one attached hydrogen (secondary N) is 1. The van der Waals surface area contributed by atoms with Gasteiger partial charge in [-0.25, -0.2) is 4.98 Å². The number of aromatic nitrogens is 2. The van der Waals surface area contributed by atoms with Gasteiger partial charge in [-0.05, 0) is 29.7 Å². The number of carbonyl (C=O) groups is 1. The van der Waals surface area contributed by atoms with Crippen molar-refractivity contribution in [1.29, 1.82) is 0 Å². The van der Waals surface area contributed by atoms with E-state index < -0.39 is 5.97 Å². The van der Waals surface area contributed by atoms with Crippen molar-refractivity contribution in [2.24, 2.45) is 0 Å². The molecule has 0 amide bonds. The zero-order valence-corrected chi connectivity index (χ0v) is 14.5. The monoisotopic (exact) mass is 367 g/mol. The lowest BCUT2D eigenvalue weighted by molar-refractivity contribution is -0.304. The Labute approximate surface area is 152 Å². The van der Waals surface area contributed by atoms with E-state index in [4.69, 9.17) is 11.6 Å². The van der Waals surface area contributed by atoms with Crippen LogP contribution in [0.5, 0.6) is 0 Å². The first-order valence-corrected chi connectivity index (χ1v) is 8.83. The van der Waals surface area contributed by atoms with Crippen molar-refractivity contribution < 1.29 is 9.90 Å². The molecule has 2 heterocycles. The molecule has 0 aliphatic carbocycles. The first kappa shape index (κ1) is 15.9. The van der Waals surface area contributed by atoms with E-state index in [-0.39, 0.29) is 6.42 Å². The minimum absolute atomic E-state index is 0.226. The second-order valence-electron chi connectivity index (χ2n) is 5.62. The fourth-order valence-electron chi connectivity index (χ4n) is 2.74. The normalized spacial score (nSPS) is 11.1. The SMILES string of the molecule is O=C([O-])Cc1[nH]c(-c2cc3ccccc3s2)nc1-c1ccc(Cl)cc1. The number of hydrogen-bond donors (Lipinski definition) is 1. The number of carboxylic acid groups (broad SMARTS) is 1. The second-order valence-corrected chi connectivity index (χ2v) is 7.14. The number of benzene rings is 2. The third kappa shape index (κ3) is 3.16. The van der Waals surface area contributed by atoms with Crippen molar-refractivity contribution >= 4 is 39.0 Å². The van der Waals surface area contributed by atoms with Crippen molar-refractivity contribution in [2.45, 2.75) is 6.42 Å². The molecule has 25 heavy (non-hydrogen) atoms. The molecule has 0 saturated carbocycles. The molecule has 0 aliphatic rings. The number of imidazole rings is 1. The maximum absolute atomic E-state index is 11.1. The molecule has 0 radical (unpaired) electrons. The number of rotatable bonds is 4. The number of halogens is 1. The molecule has 0 spiro atoms. The molecule has 2 aromatic carbocycles. The highest BCUT2D eigenvalue weighted by Crippen LogP contribution is 2.34. The fraction of sp³-hybridized carbons (Fsp3) is 0.0526. The number of H-pyrrole nitrogens is 1. The fourth-order valence-corrected chi connectivity index (χ4v) is 3.88.